The molecule has 0 amide bonds. The molecule has 0 unspecified atom stereocenters. The largest absolute Gasteiger partial charge is 0.493 e. The fraction of sp³-hybridized carbons (Fsp3) is 0.391. The zero-order chi connectivity index (χ0) is 20.3. The van der Waals surface area contributed by atoms with Crippen LogP contribution in [-0.4, -0.2) is 22.3 Å². The van der Waals surface area contributed by atoms with Gasteiger partial charge < -0.3 is 9.47 Å². The monoisotopic (exact) mass is 408 g/mol. The molecule has 0 saturated heterocycles. The summed E-state index contributed by atoms with van der Waals surface area (Å²) in [4.78, 5) is 19.9. The third-order valence-electron chi connectivity index (χ3n) is 5.84. The SMILES string of the molecule is CCOc1cc2c(cc1/C=C1\CCn3c1nc1sc(C)c(C)c1c3=O)O[C@@H](C)C2. The lowest BCUT2D eigenvalue weighted by atomic mass is 10.0. The van der Waals surface area contributed by atoms with Crippen molar-refractivity contribution in [1.29, 1.82) is 0 Å². The Hall–Kier alpha value is -2.60. The molecule has 3 aromatic rings. The number of aryl methyl sites for hydroxylation is 2. The predicted octanol–water partition coefficient (Wildman–Crippen LogP) is 4.74. The Morgan fingerprint density at radius 2 is 2.21 bits per heavy atom. The first-order chi connectivity index (χ1) is 14.0. The maximum atomic E-state index is 13.1. The molecular weight excluding hydrogens is 384 g/mol. The van der Waals surface area contributed by atoms with Crippen LogP contribution < -0.4 is 15.0 Å². The van der Waals surface area contributed by atoms with Gasteiger partial charge >= 0.3 is 0 Å². The third kappa shape index (κ3) is 2.89. The first kappa shape index (κ1) is 18.4. The number of allylic oxidation sites excluding steroid dienone is 1. The van der Waals surface area contributed by atoms with Crippen molar-refractivity contribution in [2.75, 3.05) is 6.61 Å². The van der Waals surface area contributed by atoms with E-state index in [9.17, 15) is 4.79 Å². The Kier molecular flexibility index (Phi) is 4.28. The summed E-state index contributed by atoms with van der Waals surface area (Å²) in [7, 11) is 0. The van der Waals surface area contributed by atoms with E-state index in [0.717, 1.165) is 62.0 Å². The number of hydrogen-bond acceptors (Lipinski definition) is 5. The van der Waals surface area contributed by atoms with Crippen LogP contribution >= 0.6 is 11.3 Å². The van der Waals surface area contributed by atoms with E-state index < -0.39 is 0 Å². The number of benzene rings is 1. The fourth-order valence-corrected chi connectivity index (χ4v) is 5.32. The summed E-state index contributed by atoms with van der Waals surface area (Å²) in [6.45, 7) is 9.41. The lowest BCUT2D eigenvalue weighted by Crippen LogP contribution is -2.20. The molecule has 6 heteroatoms. The van der Waals surface area contributed by atoms with Gasteiger partial charge in [-0.25, -0.2) is 4.98 Å². The quantitative estimate of drug-likeness (QED) is 0.628. The van der Waals surface area contributed by atoms with Crippen LogP contribution in [-0.2, 0) is 13.0 Å². The van der Waals surface area contributed by atoms with Gasteiger partial charge in [0.15, 0.2) is 0 Å². The minimum atomic E-state index is 0.0754. The van der Waals surface area contributed by atoms with Crippen molar-refractivity contribution < 1.29 is 9.47 Å². The van der Waals surface area contributed by atoms with Crippen LogP contribution in [0.2, 0.25) is 0 Å². The topological polar surface area (TPSA) is 53.4 Å². The van der Waals surface area contributed by atoms with Crippen LogP contribution in [0.5, 0.6) is 11.5 Å². The Morgan fingerprint density at radius 1 is 1.38 bits per heavy atom. The highest BCUT2D eigenvalue weighted by Crippen LogP contribution is 2.38. The summed E-state index contributed by atoms with van der Waals surface area (Å²) in [6.07, 6.45) is 3.99. The molecule has 0 N–H and O–H groups in total. The van der Waals surface area contributed by atoms with Crippen molar-refractivity contribution in [3.05, 3.63) is 49.9 Å². The summed E-state index contributed by atoms with van der Waals surface area (Å²) >= 11 is 1.60. The molecular formula is C23H24N2O3S. The Bertz CT molecular complexity index is 1240. The maximum absolute atomic E-state index is 13.1. The lowest BCUT2D eigenvalue weighted by molar-refractivity contribution is 0.254. The molecule has 0 spiro atoms. The van der Waals surface area contributed by atoms with Crippen molar-refractivity contribution in [1.82, 2.24) is 9.55 Å². The molecule has 0 fully saturated rings. The summed E-state index contributed by atoms with van der Waals surface area (Å²) in [5.74, 6) is 2.57. The molecule has 1 atom stereocenters. The number of hydrogen-bond donors (Lipinski definition) is 0. The molecule has 5 rings (SSSR count). The van der Waals surface area contributed by atoms with Gasteiger partial charge in [0.25, 0.3) is 5.56 Å². The van der Waals surface area contributed by atoms with Crippen molar-refractivity contribution in [3.8, 4) is 11.5 Å². The van der Waals surface area contributed by atoms with Crippen LogP contribution in [0, 0.1) is 13.8 Å². The highest BCUT2D eigenvalue weighted by atomic mass is 32.1. The highest BCUT2D eigenvalue weighted by Gasteiger charge is 2.25. The van der Waals surface area contributed by atoms with Gasteiger partial charge in [-0.1, -0.05) is 0 Å². The van der Waals surface area contributed by atoms with E-state index >= 15 is 0 Å². The van der Waals surface area contributed by atoms with Crippen molar-refractivity contribution in [2.45, 2.75) is 53.2 Å². The van der Waals surface area contributed by atoms with Crippen molar-refractivity contribution >= 4 is 33.2 Å². The molecule has 2 aliphatic heterocycles. The number of nitrogens with zero attached hydrogens (tertiary/aromatic N) is 2. The van der Waals surface area contributed by atoms with Crippen LogP contribution in [0.15, 0.2) is 16.9 Å². The number of fused-ring (bicyclic) bond motifs is 3. The number of rotatable bonds is 3. The van der Waals surface area contributed by atoms with Gasteiger partial charge in [-0.15, -0.1) is 11.3 Å². The molecule has 4 heterocycles. The summed E-state index contributed by atoms with van der Waals surface area (Å²) in [6, 6.07) is 4.16. The number of aromatic nitrogens is 2. The Labute approximate surface area is 173 Å². The van der Waals surface area contributed by atoms with E-state index in [1.54, 1.807) is 11.3 Å². The van der Waals surface area contributed by atoms with Crippen molar-refractivity contribution in [3.63, 3.8) is 0 Å². The summed E-state index contributed by atoms with van der Waals surface area (Å²) < 4.78 is 13.7. The number of ether oxygens (including phenoxy) is 2. The summed E-state index contributed by atoms with van der Waals surface area (Å²) in [5.41, 5.74) is 4.37. The van der Waals surface area contributed by atoms with E-state index in [0.29, 0.717) is 13.2 Å². The fourth-order valence-electron chi connectivity index (χ4n) is 4.30. The van der Waals surface area contributed by atoms with Crippen molar-refractivity contribution in [2.24, 2.45) is 0 Å². The smallest absolute Gasteiger partial charge is 0.262 e. The van der Waals surface area contributed by atoms with Crippen LogP contribution in [0.25, 0.3) is 21.9 Å². The molecule has 1 aromatic carbocycles. The zero-order valence-corrected chi connectivity index (χ0v) is 18.0. The normalized spacial score (nSPS) is 18.9. The zero-order valence-electron chi connectivity index (χ0n) is 17.2. The van der Waals surface area contributed by atoms with E-state index in [2.05, 4.69) is 25.1 Å². The highest BCUT2D eigenvalue weighted by molar-refractivity contribution is 7.18. The van der Waals surface area contributed by atoms with Gasteiger partial charge in [0.05, 0.1) is 12.0 Å². The van der Waals surface area contributed by atoms with E-state index in [4.69, 9.17) is 14.5 Å². The second-order valence-corrected chi connectivity index (χ2v) is 9.04. The maximum Gasteiger partial charge on any atom is 0.262 e. The van der Waals surface area contributed by atoms with Gasteiger partial charge in [-0.2, -0.15) is 0 Å². The first-order valence-corrected chi connectivity index (χ1v) is 11.0. The third-order valence-corrected chi connectivity index (χ3v) is 6.94. The molecule has 0 radical (unpaired) electrons. The number of thiophene rings is 1. The minimum absolute atomic E-state index is 0.0754. The average molecular weight is 409 g/mol. The van der Waals surface area contributed by atoms with E-state index in [1.165, 1.54) is 5.56 Å². The van der Waals surface area contributed by atoms with Gasteiger partial charge in [0.2, 0.25) is 0 Å². The molecule has 2 aliphatic rings. The molecule has 5 nitrogen and oxygen atoms in total. The second-order valence-electron chi connectivity index (χ2n) is 7.84. The van der Waals surface area contributed by atoms with Gasteiger partial charge in [0, 0.05) is 29.0 Å². The lowest BCUT2D eigenvalue weighted by Gasteiger charge is -2.11. The standard InChI is InChI=1S/C23H24N2O3S/c1-5-27-18-10-16-8-12(2)28-19(16)11-17(18)9-15-6-7-25-21(15)24-22-20(23(25)26)13(3)14(4)29-22/h9-12H,5-8H2,1-4H3/b15-9+/t12-/m0/s1. The Morgan fingerprint density at radius 3 is 3.00 bits per heavy atom. The van der Waals surface area contributed by atoms with E-state index in [-0.39, 0.29) is 11.7 Å². The van der Waals surface area contributed by atoms with Gasteiger partial charge in [-0.3, -0.25) is 9.36 Å². The molecule has 0 aliphatic carbocycles. The minimum Gasteiger partial charge on any atom is -0.493 e. The van der Waals surface area contributed by atoms with Crippen LogP contribution in [0.3, 0.4) is 0 Å². The second kappa shape index (κ2) is 6.73. The van der Waals surface area contributed by atoms with Gasteiger partial charge in [-0.05, 0) is 63.5 Å². The van der Waals surface area contributed by atoms with E-state index in [1.807, 2.05) is 25.3 Å². The van der Waals surface area contributed by atoms with Crippen LogP contribution in [0.1, 0.15) is 47.7 Å². The summed E-state index contributed by atoms with van der Waals surface area (Å²) in [5, 5.41) is 0.771. The molecule has 2 aromatic heterocycles. The molecule has 150 valence electrons. The van der Waals surface area contributed by atoms with Crippen LogP contribution in [0.4, 0.5) is 0 Å². The Balaban J connectivity index is 1.65. The molecule has 0 saturated carbocycles. The average Bonchev–Trinajstić information content (AvgIpc) is 3.32. The molecule has 29 heavy (non-hydrogen) atoms. The first-order valence-electron chi connectivity index (χ1n) is 10.1. The molecule has 0 bridgehead atoms. The van der Waals surface area contributed by atoms with Gasteiger partial charge in [0.1, 0.15) is 28.3 Å². The predicted molar refractivity (Wildman–Crippen MR) is 117 cm³/mol.